The quantitative estimate of drug-likeness (QED) is 0.908. The summed E-state index contributed by atoms with van der Waals surface area (Å²) in [6.07, 6.45) is 0. The number of rotatable bonds is 3. The monoisotopic (exact) mass is 266 g/mol. The molecule has 0 fully saturated rings. The van der Waals surface area contributed by atoms with E-state index in [0.29, 0.717) is 11.3 Å². The minimum atomic E-state index is 0.491. The van der Waals surface area contributed by atoms with Gasteiger partial charge in [-0.05, 0) is 32.5 Å². The van der Waals surface area contributed by atoms with E-state index >= 15 is 0 Å². The molecule has 0 aromatic heterocycles. The normalized spacial score (nSPS) is 22.8. The lowest BCUT2D eigenvalue weighted by Crippen LogP contribution is -2.44. The molecule has 1 aliphatic heterocycles. The number of benzene rings is 1. The average molecular weight is 266 g/mol. The number of ether oxygens (including phenoxy) is 1. The lowest BCUT2D eigenvalue weighted by molar-refractivity contribution is 0.411. The van der Waals surface area contributed by atoms with Crippen LogP contribution in [0.2, 0.25) is 0 Å². The molecule has 0 aliphatic carbocycles. The van der Waals surface area contributed by atoms with Crippen LogP contribution in [-0.4, -0.2) is 39.0 Å². The fourth-order valence-electron chi connectivity index (χ4n) is 2.42. The van der Waals surface area contributed by atoms with E-state index < -0.39 is 0 Å². The molecule has 2 atom stereocenters. The number of hydrogen-bond acceptors (Lipinski definition) is 4. The molecule has 1 aromatic carbocycles. The van der Waals surface area contributed by atoms with Gasteiger partial charge in [-0.1, -0.05) is 6.07 Å². The zero-order chi connectivity index (χ0) is 13.3. The molecule has 1 heterocycles. The SMILES string of the molecule is CNCC1Sc2c(C)ccc(OC)c2N(C)C1C. The van der Waals surface area contributed by atoms with Crippen LogP contribution in [0.15, 0.2) is 17.0 Å². The Morgan fingerprint density at radius 1 is 1.44 bits per heavy atom. The minimum absolute atomic E-state index is 0.491. The first kappa shape index (κ1) is 13.6. The van der Waals surface area contributed by atoms with E-state index in [1.807, 2.05) is 18.8 Å². The Balaban J connectivity index is 2.47. The number of fused-ring (bicyclic) bond motifs is 1. The Morgan fingerprint density at radius 2 is 2.17 bits per heavy atom. The average Bonchev–Trinajstić information content (AvgIpc) is 2.37. The maximum atomic E-state index is 5.51. The van der Waals surface area contributed by atoms with E-state index in [1.165, 1.54) is 16.1 Å². The molecular weight excluding hydrogens is 244 g/mol. The highest BCUT2D eigenvalue weighted by molar-refractivity contribution is 8.00. The zero-order valence-corrected chi connectivity index (χ0v) is 12.6. The second-order valence-electron chi connectivity index (χ2n) is 4.83. The van der Waals surface area contributed by atoms with Crippen molar-refractivity contribution in [2.75, 3.05) is 32.6 Å². The van der Waals surface area contributed by atoms with Crippen molar-refractivity contribution in [3.05, 3.63) is 17.7 Å². The highest BCUT2D eigenvalue weighted by atomic mass is 32.2. The summed E-state index contributed by atoms with van der Waals surface area (Å²) < 4.78 is 5.51. The summed E-state index contributed by atoms with van der Waals surface area (Å²) in [7, 11) is 5.92. The van der Waals surface area contributed by atoms with Gasteiger partial charge in [-0.3, -0.25) is 0 Å². The molecule has 1 aromatic rings. The third kappa shape index (κ3) is 2.19. The molecule has 1 N–H and O–H groups in total. The van der Waals surface area contributed by atoms with Gasteiger partial charge in [0.1, 0.15) is 5.75 Å². The third-order valence-electron chi connectivity index (χ3n) is 3.69. The maximum absolute atomic E-state index is 5.51. The van der Waals surface area contributed by atoms with E-state index in [1.54, 1.807) is 7.11 Å². The van der Waals surface area contributed by atoms with Gasteiger partial charge in [0, 0.05) is 29.8 Å². The topological polar surface area (TPSA) is 24.5 Å². The van der Waals surface area contributed by atoms with Crippen molar-refractivity contribution in [1.82, 2.24) is 5.32 Å². The van der Waals surface area contributed by atoms with Crippen LogP contribution in [0.5, 0.6) is 5.75 Å². The predicted molar refractivity (Wildman–Crippen MR) is 79.2 cm³/mol. The Hall–Kier alpha value is -0.870. The van der Waals surface area contributed by atoms with Crippen molar-refractivity contribution >= 4 is 17.4 Å². The first-order valence-corrected chi connectivity index (χ1v) is 7.19. The molecule has 0 spiro atoms. The summed E-state index contributed by atoms with van der Waals surface area (Å²) >= 11 is 1.97. The van der Waals surface area contributed by atoms with Gasteiger partial charge in [0.2, 0.25) is 0 Å². The smallest absolute Gasteiger partial charge is 0.143 e. The van der Waals surface area contributed by atoms with Crippen LogP contribution in [0.4, 0.5) is 5.69 Å². The molecule has 2 unspecified atom stereocenters. The highest BCUT2D eigenvalue weighted by Gasteiger charge is 2.32. The van der Waals surface area contributed by atoms with E-state index in [0.717, 1.165) is 12.3 Å². The first-order valence-electron chi connectivity index (χ1n) is 6.31. The first-order chi connectivity index (χ1) is 8.60. The van der Waals surface area contributed by atoms with Gasteiger partial charge in [0.05, 0.1) is 12.8 Å². The molecule has 0 amide bonds. The number of thioether (sulfide) groups is 1. The van der Waals surface area contributed by atoms with Gasteiger partial charge in [0.15, 0.2) is 0 Å². The van der Waals surface area contributed by atoms with Crippen LogP contribution in [0, 0.1) is 6.92 Å². The van der Waals surface area contributed by atoms with Crippen LogP contribution in [0.3, 0.4) is 0 Å². The second-order valence-corrected chi connectivity index (χ2v) is 6.08. The van der Waals surface area contributed by atoms with Gasteiger partial charge in [-0.2, -0.15) is 0 Å². The molecule has 0 saturated heterocycles. The fraction of sp³-hybridized carbons (Fsp3) is 0.571. The molecule has 0 saturated carbocycles. The molecule has 4 heteroatoms. The van der Waals surface area contributed by atoms with Gasteiger partial charge in [0.25, 0.3) is 0 Å². The molecule has 3 nitrogen and oxygen atoms in total. The molecular formula is C14H22N2OS. The third-order valence-corrected chi connectivity index (χ3v) is 5.30. The van der Waals surface area contributed by atoms with Crippen molar-refractivity contribution in [1.29, 1.82) is 0 Å². The lowest BCUT2D eigenvalue weighted by Gasteiger charge is -2.40. The highest BCUT2D eigenvalue weighted by Crippen LogP contribution is 2.47. The largest absolute Gasteiger partial charge is 0.495 e. The zero-order valence-electron chi connectivity index (χ0n) is 11.8. The van der Waals surface area contributed by atoms with Crippen LogP contribution in [0.1, 0.15) is 12.5 Å². The lowest BCUT2D eigenvalue weighted by atomic mass is 10.1. The van der Waals surface area contributed by atoms with Gasteiger partial charge >= 0.3 is 0 Å². The second kappa shape index (κ2) is 5.41. The number of methoxy groups -OCH3 is 1. The number of anilines is 1. The molecule has 0 bridgehead atoms. The molecule has 2 rings (SSSR count). The van der Waals surface area contributed by atoms with Crippen molar-refractivity contribution < 1.29 is 4.74 Å². The van der Waals surface area contributed by atoms with Gasteiger partial charge in [-0.15, -0.1) is 11.8 Å². The Bertz CT molecular complexity index is 436. The standard InChI is InChI=1S/C14H22N2OS/c1-9-6-7-11(17-5)13-14(9)18-12(8-15-3)10(2)16(13)4/h6-7,10,12,15H,8H2,1-5H3. The number of nitrogens with one attached hydrogen (secondary N) is 1. The summed E-state index contributed by atoms with van der Waals surface area (Å²) in [6.45, 7) is 5.47. The van der Waals surface area contributed by atoms with Crippen molar-refractivity contribution in [2.24, 2.45) is 0 Å². The van der Waals surface area contributed by atoms with Crippen LogP contribution >= 0.6 is 11.8 Å². The molecule has 0 radical (unpaired) electrons. The van der Waals surface area contributed by atoms with E-state index in [-0.39, 0.29) is 0 Å². The van der Waals surface area contributed by atoms with Crippen LogP contribution in [0.25, 0.3) is 0 Å². The predicted octanol–water partition coefficient (Wildman–Crippen LogP) is 2.52. The summed E-state index contributed by atoms with van der Waals surface area (Å²) in [4.78, 5) is 3.70. The number of nitrogens with zero attached hydrogens (tertiary/aromatic N) is 1. The minimum Gasteiger partial charge on any atom is -0.495 e. The summed E-state index contributed by atoms with van der Waals surface area (Å²) in [5.74, 6) is 0.973. The van der Waals surface area contributed by atoms with E-state index in [2.05, 4.69) is 43.2 Å². The van der Waals surface area contributed by atoms with Crippen LogP contribution in [-0.2, 0) is 0 Å². The van der Waals surface area contributed by atoms with Gasteiger partial charge < -0.3 is 15.0 Å². The summed E-state index contributed by atoms with van der Waals surface area (Å²) in [5, 5.41) is 3.86. The Labute approximate surface area is 114 Å². The number of aryl methyl sites for hydroxylation is 1. The molecule has 1 aliphatic rings. The molecule has 18 heavy (non-hydrogen) atoms. The summed E-state index contributed by atoms with van der Waals surface area (Å²) in [6, 6.07) is 4.70. The Kier molecular flexibility index (Phi) is 4.07. The molecule has 100 valence electrons. The fourth-order valence-corrected chi connectivity index (χ4v) is 3.96. The van der Waals surface area contributed by atoms with Gasteiger partial charge in [-0.25, -0.2) is 0 Å². The van der Waals surface area contributed by atoms with Crippen LogP contribution < -0.4 is 15.0 Å². The van der Waals surface area contributed by atoms with Crippen molar-refractivity contribution in [2.45, 2.75) is 30.0 Å². The van der Waals surface area contributed by atoms with Crippen molar-refractivity contribution in [3.8, 4) is 5.75 Å². The maximum Gasteiger partial charge on any atom is 0.143 e. The summed E-state index contributed by atoms with van der Waals surface area (Å²) in [5.41, 5.74) is 2.57. The van der Waals surface area contributed by atoms with E-state index in [9.17, 15) is 0 Å². The Morgan fingerprint density at radius 3 is 2.78 bits per heavy atom. The van der Waals surface area contributed by atoms with E-state index in [4.69, 9.17) is 4.74 Å². The van der Waals surface area contributed by atoms with Crippen molar-refractivity contribution in [3.63, 3.8) is 0 Å². The number of hydrogen-bond donors (Lipinski definition) is 1.